The second kappa shape index (κ2) is 5.88. The molecule has 0 aromatic carbocycles. The highest BCUT2D eigenvalue weighted by atomic mass is 16.5. The molecular formula is C13H20N4O3. The molecule has 1 aromatic heterocycles. The lowest BCUT2D eigenvalue weighted by molar-refractivity contribution is 0.0708. The molecule has 7 heteroatoms. The van der Waals surface area contributed by atoms with E-state index in [0.29, 0.717) is 5.89 Å². The van der Waals surface area contributed by atoms with E-state index in [0.717, 1.165) is 45.1 Å². The molecule has 3 atom stereocenters. The Morgan fingerprint density at radius 3 is 2.90 bits per heavy atom. The molecule has 2 fully saturated rings. The minimum absolute atomic E-state index is 0.0477. The first-order chi connectivity index (χ1) is 9.74. The van der Waals surface area contributed by atoms with Gasteiger partial charge in [-0.25, -0.2) is 0 Å². The summed E-state index contributed by atoms with van der Waals surface area (Å²) >= 11 is 0. The van der Waals surface area contributed by atoms with Crippen LogP contribution in [0.4, 0.5) is 0 Å². The van der Waals surface area contributed by atoms with Crippen molar-refractivity contribution in [1.29, 1.82) is 0 Å². The van der Waals surface area contributed by atoms with Crippen LogP contribution in [0.15, 0.2) is 4.52 Å². The highest BCUT2D eigenvalue weighted by molar-refractivity contribution is 5.90. The molecule has 1 unspecified atom stereocenters. The number of aliphatic hydroxyl groups is 1. The summed E-state index contributed by atoms with van der Waals surface area (Å²) in [5.41, 5.74) is 0. The van der Waals surface area contributed by atoms with E-state index in [4.69, 9.17) is 4.52 Å². The number of hydrogen-bond acceptors (Lipinski definition) is 6. The van der Waals surface area contributed by atoms with Crippen molar-refractivity contribution in [1.82, 2.24) is 20.8 Å². The first-order valence-corrected chi connectivity index (χ1v) is 7.30. The molecule has 1 aromatic rings. The second-order valence-corrected chi connectivity index (χ2v) is 5.54. The molecule has 2 aliphatic rings. The summed E-state index contributed by atoms with van der Waals surface area (Å²) in [6.07, 6.45) is 5.10. The van der Waals surface area contributed by atoms with Crippen molar-refractivity contribution in [3.63, 3.8) is 0 Å². The largest absolute Gasteiger partial charge is 0.391 e. The number of rotatable bonds is 3. The molecule has 0 bridgehead atoms. The average Bonchev–Trinajstić information content (AvgIpc) is 3.11. The summed E-state index contributed by atoms with van der Waals surface area (Å²) in [5.74, 6) is 0.146. The molecule has 20 heavy (non-hydrogen) atoms. The van der Waals surface area contributed by atoms with Gasteiger partial charge in [0, 0.05) is 0 Å². The number of aromatic nitrogens is 2. The minimum Gasteiger partial charge on any atom is -0.391 e. The first-order valence-electron chi connectivity index (χ1n) is 7.30. The Morgan fingerprint density at radius 2 is 2.15 bits per heavy atom. The van der Waals surface area contributed by atoms with Gasteiger partial charge in [0.1, 0.15) is 0 Å². The predicted octanol–water partition coefficient (Wildman–Crippen LogP) is 0.527. The Bertz CT molecular complexity index is 470. The van der Waals surface area contributed by atoms with Crippen LogP contribution in [0, 0.1) is 0 Å². The molecule has 1 aliphatic heterocycles. The molecule has 0 spiro atoms. The first kappa shape index (κ1) is 13.5. The van der Waals surface area contributed by atoms with Crippen LogP contribution in [0.3, 0.4) is 0 Å². The Hall–Kier alpha value is -1.47. The Morgan fingerprint density at radius 1 is 1.30 bits per heavy atom. The second-order valence-electron chi connectivity index (χ2n) is 5.54. The molecular weight excluding hydrogens is 260 g/mol. The third-order valence-electron chi connectivity index (χ3n) is 4.05. The summed E-state index contributed by atoms with van der Waals surface area (Å²) in [4.78, 5) is 16.2. The number of nitrogens with zero attached hydrogens (tertiary/aromatic N) is 2. The van der Waals surface area contributed by atoms with Crippen molar-refractivity contribution in [2.45, 2.75) is 56.7 Å². The van der Waals surface area contributed by atoms with Crippen LogP contribution in [0.25, 0.3) is 0 Å². The minimum atomic E-state index is -0.476. The lowest BCUT2D eigenvalue weighted by Crippen LogP contribution is -2.45. The lowest BCUT2D eigenvalue weighted by Gasteiger charge is -2.27. The van der Waals surface area contributed by atoms with Crippen molar-refractivity contribution in [2.75, 3.05) is 6.54 Å². The van der Waals surface area contributed by atoms with E-state index < -0.39 is 6.10 Å². The number of aliphatic hydroxyl groups excluding tert-OH is 1. The van der Waals surface area contributed by atoms with E-state index >= 15 is 0 Å². The molecule has 3 N–H and O–H groups in total. The van der Waals surface area contributed by atoms with Crippen LogP contribution < -0.4 is 10.6 Å². The zero-order valence-corrected chi connectivity index (χ0v) is 11.3. The summed E-state index contributed by atoms with van der Waals surface area (Å²) < 4.78 is 5.14. The normalized spacial score (nSPS) is 30.4. The van der Waals surface area contributed by atoms with Gasteiger partial charge in [0.05, 0.1) is 18.2 Å². The van der Waals surface area contributed by atoms with Gasteiger partial charge in [0.15, 0.2) is 0 Å². The summed E-state index contributed by atoms with van der Waals surface area (Å²) in [5, 5.41) is 19.6. The average molecular weight is 280 g/mol. The maximum Gasteiger partial charge on any atom is 0.292 e. The molecule has 1 saturated heterocycles. The summed E-state index contributed by atoms with van der Waals surface area (Å²) in [7, 11) is 0. The molecule has 2 heterocycles. The van der Waals surface area contributed by atoms with E-state index in [-0.39, 0.29) is 23.8 Å². The number of carbonyl (C=O) groups excluding carboxylic acids is 1. The molecule has 1 amide bonds. The van der Waals surface area contributed by atoms with Crippen LogP contribution in [0.1, 0.15) is 61.1 Å². The molecule has 3 rings (SSSR count). The molecule has 7 nitrogen and oxygen atoms in total. The fraction of sp³-hybridized carbons (Fsp3) is 0.769. The number of hydrogen-bond donors (Lipinski definition) is 3. The lowest BCUT2D eigenvalue weighted by atomic mass is 9.92. The van der Waals surface area contributed by atoms with Crippen molar-refractivity contribution >= 4 is 5.91 Å². The highest BCUT2D eigenvalue weighted by Crippen LogP contribution is 2.21. The van der Waals surface area contributed by atoms with Crippen LogP contribution in [-0.2, 0) is 0 Å². The molecule has 0 radical (unpaired) electrons. The van der Waals surface area contributed by atoms with Gasteiger partial charge >= 0.3 is 0 Å². The highest BCUT2D eigenvalue weighted by Gasteiger charge is 2.28. The quantitative estimate of drug-likeness (QED) is 0.746. The van der Waals surface area contributed by atoms with Crippen LogP contribution in [-0.4, -0.2) is 39.8 Å². The Balaban J connectivity index is 1.62. The molecule has 110 valence electrons. The van der Waals surface area contributed by atoms with E-state index in [2.05, 4.69) is 20.8 Å². The standard InChI is InChI=1S/C13H20N4O3/c18-10-6-2-1-4-8(10)15-12(19)11-16-13(20-17-11)9-5-3-7-14-9/h8-10,14,18H,1-7H2,(H,15,19)/t8-,9?,10-/m0/s1. The van der Waals surface area contributed by atoms with Crippen molar-refractivity contribution in [2.24, 2.45) is 0 Å². The predicted molar refractivity (Wildman–Crippen MR) is 70.0 cm³/mol. The van der Waals surface area contributed by atoms with Crippen LogP contribution in [0.2, 0.25) is 0 Å². The van der Waals surface area contributed by atoms with Crippen molar-refractivity contribution in [3.8, 4) is 0 Å². The summed E-state index contributed by atoms with van der Waals surface area (Å²) in [6.45, 7) is 0.933. The van der Waals surface area contributed by atoms with Gasteiger partial charge in [-0.3, -0.25) is 4.79 Å². The number of amides is 1. The topological polar surface area (TPSA) is 100 Å². The van der Waals surface area contributed by atoms with E-state index in [1.165, 1.54) is 0 Å². The van der Waals surface area contributed by atoms with Crippen LogP contribution >= 0.6 is 0 Å². The van der Waals surface area contributed by atoms with E-state index in [9.17, 15) is 9.90 Å². The molecule has 1 aliphatic carbocycles. The Labute approximate surface area is 117 Å². The summed E-state index contributed by atoms with van der Waals surface area (Å²) in [6, 6.07) is -0.146. The monoisotopic (exact) mass is 280 g/mol. The van der Waals surface area contributed by atoms with Gasteiger partial charge in [-0.1, -0.05) is 18.0 Å². The smallest absolute Gasteiger partial charge is 0.292 e. The van der Waals surface area contributed by atoms with Gasteiger partial charge in [-0.15, -0.1) is 0 Å². The third kappa shape index (κ3) is 2.83. The maximum absolute atomic E-state index is 12.1. The number of nitrogens with one attached hydrogen (secondary N) is 2. The van der Waals surface area contributed by atoms with Crippen LogP contribution in [0.5, 0.6) is 0 Å². The van der Waals surface area contributed by atoms with Gasteiger partial charge in [0.2, 0.25) is 5.89 Å². The van der Waals surface area contributed by atoms with E-state index in [1.807, 2.05) is 0 Å². The van der Waals surface area contributed by atoms with Gasteiger partial charge in [-0.2, -0.15) is 4.98 Å². The molecule has 1 saturated carbocycles. The SMILES string of the molecule is O=C(N[C@H]1CCCC[C@@H]1O)c1noc(C2CCCN2)n1. The fourth-order valence-corrected chi connectivity index (χ4v) is 2.88. The van der Waals surface area contributed by atoms with Crippen molar-refractivity contribution < 1.29 is 14.4 Å². The van der Waals surface area contributed by atoms with Crippen molar-refractivity contribution in [3.05, 3.63) is 11.7 Å². The van der Waals surface area contributed by atoms with Gasteiger partial charge in [0.25, 0.3) is 11.7 Å². The fourth-order valence-electron chi connectivity index (χ4n) is 2.88. The maximum atomic E-state index is 12.1. The number of carbonyl (C=O) groups is 1. The zero-order valence-electron chi connectivity index (χ0n) is 11.3. The van der Waals surface area contributed by atoms with E-state index in [1.54, 1.807) is 0 Å². The third-order valence-corrected chi connectivity index (χ3v) is 4.05. The van der Waals surface area contributed by atoms with Gasteiger partial charge < -0.3 is 20.3 Å². The Kier molecular flexibility index (Phi) is 3.98. The zero-order chi connectivity index (χ0) is 13.9. The van der Waals surface area contributed by atoms with Gasteiger partial charge in [-0.05, 0) is 32.2 Å².